The molecule has 6 rings (SSSR count). The topological polar surface area (TPSA) is 12.9 Å². The van der Waals surface area contributed by atoms with E-state index in [1.54, 1.807) is 5.57 Å². The van der Waals surface area contributed by atoms with E-state index in [1.165, 1.54) is 82.6 Å². The molecule has 0 radical (unpaired) electrons. The van der Waals surface area contributed by atoms with Crippen molar-refractivity contribution in [2.75, 3.05) is 0 Å². The van der Waals surface area contributed by atoms with Crippen LogP contribution in [0.25, 0.3) is 0 Å². The van der Waals surface area contributed by atoms with Gasteiger partial charge in [0.25, 0.3) is 0 Å². The molecule has 2 saturated carbocycles. The first-order valence-electron chi connectivity index (χ1n) is 12.7. The van der Waals surface area contributed by atoms with E-state index in [9.17, 15) is 0 Å². The van der Waals surface area contributed by atoms with E-state index < -0.39 is 0 Å². The standard InChI is InChI=1S/C25H33NSSe.C2H6/c27-23-13-2-1-7-19(23)11-14-25-21(23)12-15-24(28-25)20(9-10-22(24)25)8-3-5-18-6-4-16-26-17-18;1-2/h4,6,11,16-17,20-22,27H,1-3,5,7-10,12-15H2;1-2H3. The zero-order chi connectivity index (χ0) is 20.8. The molecule has 2 saturated heterocycles. The Kier molecular flexibility index (Phi) is 5.96. The third-order valence-electron chi connectivity index (χ3n) is 9.26. The van der Waals surface area contributed by atoms with Gasteiger partial charge in [0.2, 0.25) is 0 Å². The first-order chi connectivity index (χ1) is 14.7. The van der Waals surface area contributed by atoms with Gasteiger partial charge < -0.3 is 0 Å². The number of rotatable bonds is 4. The number of allylic oxidation sites excluding steroid dienone is 1. The quantitative estimate of drug-likeness (QED) is 0.263. The molecule has 2 aliphatic heterocycles. The van der Waals surface area contributed by atoms with Crippen molar-refractivity contribution < 1.29 is 0 Å². The SMILES string of the molecule is CC.SC12CCCCC1=CCC13[Se]C4(CCC21)C(CCCc1cccnc1)CCC43. The molecule has 1 nitrogen and oxygen atoms in total. The van der Waals surface area contributed by atoms with Crippen molar-refractivity contribution in [1.29, 1.82) is 0 Å². The maximum atomic E-state index is 5.46. The summed E-state index contributed by atoms with van der Waals surface area (Å²) in [6, 6.07) is 4.33. The van der Waals surface area contributed by atoms with Crippen LogP contribution in [0, 0.1) is 17.8 Å². The molecule has 3 heterocycles. The molecule has 5 aliphatic rings. The van der Waals surface area contributed by atoms with Crippen LogP contribution in [-0.4, -0.2) is 24.7 Å². The van der Waals surface area contributed by atoms with Gasteiger partial charge in [-0.05, 0) is 0 Å². The predicted molar refractivity (Wildman–Crippen MR) is 131 cm³/mol. The Morgan fingerprint density at radius 2 is 2.00 bits per heavy atom. The molecular weight excluding hydrogens is 449 g/mol. The molecule has 1 aromatic rings. The minimum atomic E-state index is 0.281. The zero-order valence-electron chi connectivity index (χ0n) is 18.9. The average molecular weight is 489 g/mol. The molecule has 6 atom stereocenters. The van der Waals surface area contributed by atoms with Gasteiger partial charge >= 0.3 is 182 Å². The van der Waals surface area contributed by atoms with Gasteiger partial charge in [0.1, 0.15) is 0 Å². The van der Waals surface area contributed by atoms with Crippen molar-refractivity contribution in [3.05, 3.63) is 41.7 Å². The van der Waals surface area contributed by atoms with Crippen molar-refractivity contribution in [1.82, 2.24) is 4.98 Å². The van der Waals surface area contributed by atoms with Crippen molar-refractivity contribution in [3.63, 3.8) is 0 Å². The number of thiol groups is 1. The van der Waals surface area contributed by atoms with Crippen LogP contribution in [0.5, 0.6) is 0 Å². The molecule has 30 heavy (non-hydrogen) atoms. The summed E-state index contributed by atoms with van der Waals surface area (Å²) in [5, 5.41) is 0. The van der Waals surface area contributed by atoms with Crippen LogP contribution in [0.4, 0.5) is 0 Å². The van der Waals surface area contributed by atoms with Gasteiger partial charge in [-0.3, -0.25) is 0 Å². The Hall–Kier alpha value is -0.241. The molecule has 1 aromatic heterocycles. The number of pyridine rings is 1. The third kappa shape index (κ3) is 3.05. The normalized spacial score (nSPS) is 43.2. The van der Waals surface area contributed by atoms with Crippen LogP contribution in [0.3, 0.4) is 0 Å². The van der Waals surface area contributed by atoms with Crippen molar-refractivity contribution in [2.24, 2.45) is 17.8 Å². The van der Waals surface area contributed by atoms with Gasteiger partial charge in [-0.1, -0.05) is 13.8 Å². The zero-order valence-corrected chi connectivity index (χ0v) is 21.5. The number of hydrogen-bond acceptors (Lipinski definition) is 2. The van der Waals surface area contributed by atoms with E-state index in [2.05, 4.69) is 29.4 Å². The summed E-state index contributed by atoms with van der Waals surface area (Å²) in [4.78, 5) is 4.30. The van der Waals surface area contributed by atoms with E-state index in [-0.39, 0.29) is 4.75 Å². The summed E-state index contributed by atoms with van der Waals surface area (Å²) in [6.07, 6.45) is 23.7. The Morgan fingerprint density at radius 1 is 1.10 bits per heavy atom. The summed E-state index contributed by atoms with van der Waals surface area (Å²) in [5.41, 5.74) is 3.17. The van der Waals surface area contributed by atoms with E-state index in [0.717, 1.165) is 37.0 Å². The Bertz CT molecular complexity index is 793. The van der Waals surface area contributed by atoms with Gasteiger partial charge in [-0.2, -0.15) is 0 Å². The molecule has 2 bridgehead atoms. The van der Waals surface area contributed by atoms with E-state index in [4.69, 9.17) is 12.6 Å². The first kappa shape index (κ1) is 21.6. The molecular formula is C27H39NSSe. The third-order valence-corrected chi connectivity index (χ3v) is 14.9. The summed E-state index contributed by atoms with van der Waals surface area (Å²) in [5.74, 6) is 2.98. The van der Waals surface area contributed by atoms with Gasteiger partial charge in [0.05, 0.1) is 0 Å². The summed E-state index contributed by atoms with van der Waals surface area (Å²) >= 11 is 6.30. The fourth-order valence-corrected chi connectivity index (χ4v) is 14.8. The number of aromatic nitrogens is 1. The molecule has 4 fully saturated rings. The molecule has 2 spiro atoms. The Balaban J connectivity index is 0.000000937. The molecule has 3 aliphatic carbocycles. The fraction of sp³-hybridized carbons (Fsp3) is 0.741. The van der Waals surface area contributed by atoms with Gasteiger partial charge in [-0.25, -0.2) is 0 Å². The van der Waals surface area contributed by atoms with Gasteiger partial charge in [-0.15, -0.1) is 0 Å². The molecule has 0 aromatic carbocycles. The van der Waals surface area contributed by atoms with Crippen molar-refractivity contribution >= 4 is 27.6 Å². The van der Waals surface area contributed by atoms with E-state index >= 15 is 0 Å². The number of hydrogen-bond donors (Lipinski definition) is 1. The number of fused-ring (bicyclic) bond motifs is 2. The predicted octanol–water partition coefficient (Wildman–Crippen LogP) is 7.47. The monoisotopic (exact) mass is 489 g/mol. The van der Waals surface area contributed by atoms with Gasteiger partial charge in [0, 0.05) is 0 Å². The first-order valence-corrected chi connectivity index (χ1v) is 14.8. The van der Waals surface area contributed by atoms with E-state index in [0.29, 0.717) is 4.31 Å². The number of nitrogens with zero attached hydrogens (tertiary/aromatic N) is 1. The fourth-order valence-electron chi connectivity index (χ4n) is 8.18. The second-order valence-electron chi connectivity index (χ2n) is 10.2. The van der Waals surface area contributed by atoms with Crippen LogP contribution in [0.15, 0.2) is 36.2 Å². The van der Waals surface area contributed by atoms with Crippen LogP contribution >= 0.6 is 12.6 Å². The second kappa shape index (κ2) is 8.27. The Labute approximate surface area is 195 Å². The number of aryl methyl sites for hydroxylation is 1. The van der Waals surface area contributed by atoms with Gasteiger partial charge in [0.15, 0.2) is 0 Å². The summed E-state index contributed by atoms with van der Waals surface area (Å²) in [6.45, 7) is 4.00. The van der Waals surface area contributed by atoms with Crippen molar-refractivity contribution in [2.45, 2.75) is 104 Å². The molecule has 0 amide bonds. The second-order valence-corrected chi connectivity index (χ2v) is 14.7. The summed E-state index contributed by atoms with van der Waals surface area (Å²) in [7, 11) is 0. The molecule has 6 unspecified atom stereocenters. The Morgan fingerprint density at radius 3 is 2.83 bits per heavy atom. The van der Waals surface area contributed by atoms with Crippen LogP contribution in [0.1, 0.15) is 90.0 Å². The van der Waals surface area contributed by atoms with Crippen LogP contribution in [-0.2, 0) is 6.42 Å². The molecule has 164 valence electrons. The van der Waals surface area contributed by atoms with E-state index in [1.807, 2.05) is 20.0 Å². The molecule has 0 N–H and O–H groups in total. The van der Waals surface area contributed by atoms with Crippen LogP contribution in [0.2, 0.25) is 8.63 Å². The molecule has 3 heteroatoms. The maximum absolute atomic E-state index is 5.46. The van der Waals surface area contributed by atoms with Crippen LogP contribution < -0.4 is 0 Å². The average Bonchev–Trinajstić information content (AvgIpc) is 3.09. The minimum absolute atomic E-state index is 0.281. The van der Waals surface area contributed by atoms with Crippen molar-refractivity contribution in [3.8, 4) is 0 Å². The summed E-state index contributed by atoms with van der Waals surface area (Å²) < 4.78 is 1.76.